The minimum Gasteiger partial charge on any atom is -0.489 e. The van der Waals surface area contributed by atoms with Gasteiger partial charge in [-0.1, -0.05) is 6.07 Å². The van der Waals surface area contributed by atoms with E-state index in [2.05, 4.69) is 10.6 Å². The molecule has 0 bridgehead atoms. The van der Waals surface area contributed by atoms with E-state index in [1.165, 1.54) is 12.1 Å². The summed E-state index contributed by atoms with van der Waals surface area (Å²) in [5, 5.41) is 13.8. The van der Waals surface area contributed by atoms with Crippen LogP contribution in [0.1, 0.15) is 5.56 Å². The maximum Gasteiger partial charge on any atom is 0.319 e. The smallest absolute Gasteiger partial charge is 0.319 e. The summed E-state index contributed by atoms with van der Waals surface area (Å²) in [6.45, 7) is 0.148. The van der Waals surface area contributed by atoms with Crippen molar-refractivity contribution in [2.24, 2.45) is 0 Å². The van der Waals surface area contributed by atoms with Crippen LogP contribution in [0, 0.1) is 23.0 Å². The van der Waals surface area contributed by atoms with E-state index in [1.807, 2.05) is 6.07 Å². The minimum absolute atomic E-state index is 0.0220. The largest absolute Gasteiger partial charge is 0.489 e. The number of amides is 2. The van der Waals surface area contributed by atoms with Crippen molar-refractivity contribution in [1.29, 1.82) is 5.26 Å². The molecule has 0 unspecified atom stereocenters. The van der Waals surface area contributed by atoms with Gasteiger partial charge in [0.1, 0.15) is 12.4 Å². The molecule has 2 aromatic carbocycles. The van der Waals surface area contributed by atoms with Crippen molar-refractivity contribution in [3.8, 4) is 11.8 Å². The lowest BCUT2D eigenvalue weighted by Crippen LogP contribution is -2.32. The highest BCUT2D eigenvalue weighted by atomic mass is 19.1. The number of hydrogen-bond acceptors (Lipinski definition) is 3. The first-order valence-electron chi connectivity index (χ1n) is 6.71. The average molecular weight is 317 g/mol. The highest BCUT2D eigenvalue weighted by molar-refractivity contribution is 5.89. The van der Waals surface area contributed by atoms with E-state index in [9.17, 15) is 13.6 Å². The zero-order valence-electron chi connectivity index (χ0n) is 12.0. The Morgan fingerprint density at radius 1 is 1.22 bits per heavy atom. The molecule has 0 fully saturated rings. The van der Waals surface area contributed by atoms with Crippen LogP contribution < -0.4 is 15.4 Å². The Labute approximate surface area is 131 Å². The van der Waals surface area contributed by atoms with Crippen LogP contribution in [0.15, 0.2) is 42.5 Å². The monoisotopic (exact) mass is 317 g/mol. The summed E-state index contributed by atoms with van der Waals surface area (Å²) in [7, 11) is 0. The molecule has 0 spiro atoms. The Morgan fingerprint density at radius 3 is 2.78 bits per heavy atom. The molecule has 2 aromatic rings. The average Bonchev–Trinajstić information content (AvgIpc) is 2.53. The van der Waals surface area contributed by atoms with Crippen molar-refractivity contribution < 1.29 is 18.3 Å². The summed E-state index contributed by atoms with van der Waals surface area (Å²) >= 11 is 0. The summed E-state index contributed by atoms with van der Waals surface area (Å²) in [6, 6.07) is 10.9. The maximum absolute atomic E-state index is 13.3. The van der Waals surface area contributed by atoms with Crippen molar-refractivity contribution >= 4 is 11.7 Å². The van der Waals surface area contributed by atoms with Crippen molar-refractivity contribution in [2.45, 2.75) is 0 Å². The molecule has 0 atom stereocenters. The second-order valence-corrected chi connectivity index (χ2v) is 4.50. The van der Waals surface area contributed by atoms with Crippen LogP contribution in [0.2, 0.25) is 0 Å². The number of halogens is 2. The molecule has 2 amide bonds. The third kappa shape index (κ3) is 4.97. The Morgan fingerprint density at radius 2 is 2.04 bits per heavy atom. The number of rotatable bonds is 5. The standard InChI is InChI=1S/C16H13F2N3O2/c17-12-4-5-15(14(18)9-12)23-7-6-20-16(22)21-13-3-1-2-11(8-13)10-19/h1-5,8-9H,6-7H2,(H2,20,21,22). The number of benzene rings is 2. The van der Waals surface area contributed by atoms with E-state index >= 15 is 0 Å². The van der Waals surface area contributed by atoms with Gasteiger partial charge in [0.25, 0.3) is 0 Å². The van der Waals surface area contributed by atoms with Crippen LogP contribution in [0.5, 0.6) is 5.75 Å². The molecule has 0 heterocycles. The number of carbonyl (C=O) groups is 1. The fourth-order valence-electron chi connectivity index (χ4n) is 1.76. The van der Waals surface area contributed by atoms with Crippen molar-refractivity contribution in [3.63, 3.8) is 0 Å². The SMILES string of the molecule is N#Cc1cccc(NC(=O)NCCOc2ccc(F)cc2F)c1. The van der Waals surface area contributed by atoms with Crippen molar-refractivity contribution in [3.05, 3.63) is 59.7 Å². The van der Waals surface area contributed by atoms with Gasteiger partial charge in [-0.3, -0.25) is 0 Å². The molecule has 2 rings (SSSR count). The number of urea groups is 1. The van der Waals surface area contributed by atoms with Gasteiger partial charge < -0.3 is 15.4 Å². The van der Waals surface area contributed by atoms with Gasteiger partial charge in [-0.25, -0.2) is 13.6 Å². The van der Waals surface area contributed by atoms with E-state index in [0.717, 1.165) is 12.1 Å². The number of carbonyl (C=O) groups excluding carboxylic acids is 1. The number of hydrogen-bond donors (Lipinski definition) is 2. The van der Waals surface area contributed by atoms with E-state index in [0.29, 0.717) is 11.3 Å². The van der Waals surface area contributed by atoms with Crippen LogP contribution in [-0.2, 0) is 0 Å². The second kappa shape index (κ2) is 7.75. The predicted octanol–water partition coefficient (Wildman–Crippen LogP) is 3.04. The molecule has 0 aliphatic rings. The lowest BCUT2D eigenvalue weighted by Gasteiger charge is -2.09. The Balaban J connectivity index is 1.75. The quantitative estimate of drug-likeness (QED) is 0.832. The molecular formula is C16H13F2N3O2. The molecule has 23 heavy (non-hydrogen) atoms. The molecular weight excluding hydrogens is 304 g/mol. The fraction of sp³-hybridized carbons (Fsp3) is 0.125. The molecule has 0 saturated carbocycles. The number of anilines is 1. The normalized spacial score (nSPS) is 9.78. The Bertz CT molecular complexity index is 744. The number of nitriles is 1. The van der Waals surface area contributed by atoms with Gasteiger partial charge >= 0.3 is 6.03 Å². The summed E-state index contributed by atoms with van der Waals surface area (Å²) < 4.78 is 31.1. The Hall–Kier alpha value is -3.14. The van der Waals surface area contributed by atoms with Gasteiger partial charge in [-0.05, 0) is 30.3 Å². The number of nitrogens with zero attached hydrogens (tertiary/aromatic N) is 1. The first kappa shape index (κ1) is 16.2. The van der Waals surface area contributed by atoms with Crippen molar-refractivity contribution in [2.75, 3.05) is 18.5 Å². The molecule has 0 aliphatic heterocycles. The van der Waals surface area contributed by atoms with Crippen LogP contribution in [-0.4, -0.2) is 19.2 Å². The second-order valence-electron chi connectivity index (χ2n) is 4.50. The highest BCUT2D eigenvalue weighted by Gasteiger charge is 2.05. The highest BCUT2D eigenvalue weighted by Crippen LogP contribution is 2.17. The molecule has 0 aliphatic carbocycles. The summed E-state index contributed by atoms with van der Waals surface area (Å²) in [6.07, 6.45) is 0. The molecule has 0 aromatic heterocycles. The predicted molar refractivity (Wildman–Crippen MR) is 80.0 cm³/mol. The van der Waals surface area contributed by atoms with E-state index in [-0.39, 0.29) is 18.9 Å². The third-order valence-corrected chi connectivity index (χ3v) is 2.79. The summed E-state index contributed by atoms with van der Waals surface area (Å²) in [5.74, 6) is -1.58. The van der Waals surface area contributed by atoms with Gasteiger partial charge in [0.15, 0.2) is 11.6 Å². The van der Waals surface area contributed by atoms with Gasteiger partial charge in [0.2, 0.25) is 0 Å². The molecule has 0 radical (unpaired) electrons. The van der Waals surface area contributed by atoms with Gasteiger partial charge in [0, 0.05) is 11.8 Å². The lowest BCUT2D eigenvalue weighted by atomic mass is 10.2. The Kier molecular flexibility index (Phi) is 5.47. The van der Waals surface area contributed by atoms with Crippen LogP contribution in [0.3, 0.4) is 0 Å². The topological polar surface area (TPSA) is 74.2 Å². The number of ether oxygens (including phenoxy) is 1. The summed E-state index contributed by atoms with van der Waals surface area (Å²) in [5.41, 5.74) is 0.907. The van der Waals surface area contributed by atoms with Crippen LogP contribution >= 0.6 is 0 Å². The van der Waals surface area contributed by atoms with Gasteiger partial charge in [-0.15, -0.1) is 0 Å². The molecule has 2 N–H and O–H groups in total. The van der Waals surface area contributed by atoms with Crippen LogP contribution in [0.4, 0.5) is 19.3 Å². The fourth-order valence-corrected chi connectivity index (χ4v) is 1.76. The molecule has 118 valence electrons. The zero-order valence-corrected chi connectivity index (χ0v) is 12.0. The van der Waals surface area contributed by atoms with E-state index in [1.54, 1.807) is 18.2 Å². The van der Waals surface area contributed by atoms with E-state index < -0.39 is 17.7 Å². The minimum atomic E-state index is -0.803. The molecule has 5 nitrogen and oxygen atoms in total. The zero-order chi connectivity index (χ0) is 16.7. The molecule has 0 saturated heterocycles. The first-order valence-corrected chi connectivity index (χ1v) is 6.71. The van der Waals surface area contributed by atoms with E-state index in [4.69, 9.17) is 10.00 Å². The summed E-state index contributed by atoms with van der Waals surface area (Å²) in [4.78, 5) is 11.7. The lowest BCUT2D eigenvalue weighted by molar-refractivity contribution is 0.246. The van der Waals surface area contributed by atoms with Gasteiger partial charge in [-0.2, -0.15) is 5.26 Å². The number of nitrogens with one attached hydrogen (secondary N) is 2. The third-order valence-electron chi connectivity index (χ3n) is 2.79. The maximum atomic E-state index is 13.3. The van der Waals surface area contributed by atoms with Gasteiger partial charge in [0.05, 0.1) is 18.2 Å². The molecule has 7 heteroatoms. The van der Waals surface area contributed by atoms with Crippen LogP contribution in [0.25, 0.3) is 0 Å². The van der Waals surface area contributed by atoms with Crippen molar-refractivity contribution in [1.82, 2.24) is 5.32 Å². The first-order chi connectivity index (χ1) is 11.1.